The van der Waals surface area contributed by atoms with Crippen LogP contribution in [0.15, 0.2) is 0 Å². The van der Waals surface area contributed by atoms with Crippen LogP contribution in [0.2, 0.25) is 0 Å². The smallest absolute Gasteiger partial charge is 0.0580 e. The van der Waals surface area contributed by atoms with Gasteiger partial charge < -0.3 is 10.8 Å². The fraction of sp³-hybridized carbons (Fsp3) is 1.00. The van der Waals surface area contributed by atoms with E-state index in [-0.39, 0.29) is 11.5 Å². The van der Waals surface area contributed by atoms with Crippen molar-refractivity contribution in [3.05, 3.63) is 0 Å². The number of rotatable bonds is 2. The molecule has 0 saturated heterocycles. The Kier molecular flexibility index (Phi) is 3.13. The molecule has 2 nitrogen and oxygen atoms in total. The summed E-state index contributed by atoms with van der Waals surface area (Å²) in [6.07, 6.45) is 4.41. The normalized spacial score (nSPS) is 39.5. The van der Waals surface area contributed by atoms with Gasteiger partial charge >= 0.3 is 0 Å². The highest BCUT2D eigenvalue weighted by molar-refractivity contribution is 4.89. The van der Waals surface area contributed by atoms with Crippen LogP contribution in [-0.4, -0.2) is 17.8 Å². The first-order valence-corrected chi connectivity index (χ1v) is 4.99. The Balaban J connectivity index is 2.57. The van der Waals surface area contributed by atoms with E-state index in [1.165, 1.54) is 12.8 Å². The largest absolute Gasteiger partial charge is 0.393 e. The van der Waals surface area contributed by atoms with Gasteiger partial charge in [-0.15, -0.1) is 0 Å². The highest BCUT2D eigenvalue weighted by Crippen LogP contribution is 2.40. The predicted molar refractivity (Wildman–Crippen MR) is 50.8 cm³/mol. The second-order valence-electron chi connectivity index (χ2n) is 4.42. The number of aliphatic hydroxyl groups excluding tert-OH is 1. The topological polar surface area (TPSA) is 46.2 Å². The Morgan fingerprint density at radius 3 is 2.33 bits per heavy atom. The molecule has 0 spiro atoms. The zero-order valence-electron chi connectivity index (χ0n) is 8.21. The van der Waals surface area contributed by atoms with Crippen molar-refractivity contribution in [2.24, 2.45) is 17.1 Å². The van der Waals surface area contributed by atoms with E-state index in [2.05, 4.69) is 6.92 Å². The molecule has 0 aromatic rings. The van der Waals surface area contributed by atoms with Crippen molar-refractivity contribution in [3.63, 3.8) is 0 Å². The number of nitrogens with two attached hydrogens (primary N) is 1. The monoisotopic (exact) mass is 171 g/mol. The van der Waals surface area contributed by atoms with Crippen LogP contribution in [0, 0.1) is 11.3 Å². The molecule has 2 heteroatoms. The molecular weight excluding hydrogens is 150 g/mol. The lowest BCUT2D eigenvalue weighted by molar-refractivity contribution is 0.00610. The van der Waals surface area contributed by atoms with Gasteiger partial charge in [-0.1, -0.05) is 19.8 Å². The quantitative estimate of drug-likeness (QED) is 0.661. The molecule has 0 radical (unpaired) electrons. The van der Waals surface area contributed by atoms with Crippen molar-refractivity contribution >= 4 is 0 Å². The lowest BCUT2D eigenvalue weighted by Gasteiger charge is -2.40. The maximum atomic E-state index is 9.63. The van der Waals surface area contributed by atoms with Crippen LogP contribution in [-0.2, 0) is 0 Å². The minimum atomic E-state index is -0.241. The Hall–Kier alpha value is -0.0800. The van der Waals surface area contributed by atoms with Gasteiger partial charge in [0.15, 0.2) is 0 Å². The summed E-state index contributed by atoms with van der Waals surface area (Å²) in [5.74, 6) is 0.823. The fourth-order valence-electron chi connectivity index (χ4n) is 2.13. The molecular formula is C10H21NO. The van der Waals surface area contributed by atoms with Crippen LogP contribution < -0.4 is 5.73 Å². The molecule has 12 heavy (non-hydrogen) atoms. The van der Waals surface area contributed by atoms with Gasteiger partial charge in [0.05, 0.1) is 6.10 Å². The van der Waals surface area contributed by atoms with Crippen LogP contribution in [0.5, 0.6) is 0 Å². The molecule has 0 bridgehead atoms. The summed E-state index contributed by atoms with van der Waals surface area (Å²) < 4.78 is 0. The Labute approximate surface area is 75.2 Å². The Bertz CT molecular complexity index is 137. The Morgan fingerprint density at radius 2 is 2.00 bits per heavy atom. The van der Waals surface area contributed by atoms with Crippen molar-refractivity contribution in [3.8, 4) is 0 Å². The molecule has 0 aromatic heterocycles. The fourth-order valence-corrected chi connectivity index (χ4v) is 2.13. The van der Waals surface area contributed by atoms with Crippen LogP contribution in [0.25, 0.3) is 0 Å². The van der Waals surface area contributed by atoms with Gasteiger partial charge in [-0.3, -0.25) is 0 Å². The Morgan fingerprint density at radius 1 is 1.50 bits per heavy atom. The molecule has 1 rings (SSSR count). The summed E-state index contributed by atoms with van der Waals surface area (Å²) in [4.78, 5) is 0. The van der Waals surface area contributed by atoms with Gasteiger partial charge in [0, 0.05) is 12.0 Å². The average Bonchev–Trinajstić information content (AvgIpc) is 2.06. The van der Waals surface area contributed by atoms with Crippen molar-refractivity contribution in [2.75, 3.05) is 6.54 Å². The molecule has 1 atom stereocenters. The molecule has 1 aliphatic carbocycles. The zero-order valence-corrected chi connectivity index (χ0v) is 8.21. The standard InChI is InChI=1S/C10H21NO/c1-8-3-5-10(7-11,6-4-8)9(2)12/h8-9,12H,3-7,11H2,1-2H3. The summed E-state index contributed by atoms with van der Waals surface area (Å²) in [7, 11) is 0. The minimum absolute atomic E-state index is 0.0342. The first-order chi connectivity index (χ1) is 5.60. The van der Waals surface area contributed by atoms with Crippen LogP contribution >= 0.6 is 0 Å². The summed E-state index contributed by atoms with van der Waals surface area (Å²) >= 11 is 0. The minimum Gasteiger partial charge on any atom is -0.393 e. The third kappa shape index (κ3) is 1.80. The molecule has 3 N–H and O–H groups in total. The van der Waals surface area contributed by atoms with Gasteiger partial charge in [-0.05, 0) is 25.7 Å². The van der Waals surface area contributed by atoms with E-state index in [0.29, 0.717) is 6.54 Å². The third-order valence-corrected chi connectivity index (χ3v) is 3.56. The molecule has 0 heterocycles. The van der Waals surface area contributed by atoms with E-state index in [4.69, 9.17) is 5.73 Å². The molecule has 1 saturated carbocycles. The van der Waals surface area contributed by atoms with Crippen molar-refractivity contribution in [1.82, 2.24) is 0 Å². The van der Waals surface area contributed by atoms with Gasteiger partial charge in [-0.25, -0.2) is 0 Å². The molecule has 72 valence electrons. The lowest BCUT2D eigenvalue weighted by atomic mass is 9.68. The highest BCUT2D eigenvalue weighted by Gasteiger charge is 2.36. The summed E-state index contributed by atoms with van der Waals surface area (Å²) in [6, 6.07) is 0. The average molecular weight is 171 g/mol. The van der Waals surface area contributed by atoms with Gasteiger partial charge in [0.2, 0.25) is 0 Å². The van der Waals surface area contributed by atoms with Crippen LogP contribution in [0.4, 0.5) is 0 Å². The molecule has 0 amide bonds. The maximum absolute atomic E-state index is 9.63. The van der Waals surface area contributed by atoms with E-state index in [0.717, 1.165) is 18.8 Å². The van der Waals surface area contributed by atoms with Crippen molar-refractivity contribution < 1.29 is 5.11 Å². The second-order valence-corrected chi connectivity index (χ2v) is 4.42. The number of hydrogen-bond acceptors (Lipinski definition) is 2. The molecule has 0 aliphatic heterocycles. The SMILES string of the molecule is CC1CCC(CN)(C(C)O)CC1. The molecule has 1 unspecified atom stereocenters. The zero-order chi connectivity index (χ0) is 9.19. The van der Waals surface area contributed by atoms with Crippen molar-refractivity contribution in [1.29, 1.82) is 0 Å². The first-order valence-electron chi connectivity index (χ1n) is 4.99. The van der Waals surface area contributed by atoms with Gasteiger partial charge in [0.25, 0.3) is 0 Å². The second kappa shape index (κ2) is 3.75. The van der Waals surface area contributed by atoms with E-state index in [1.54, 1.807) is 0 Å². The van der Waals surface area contributed by atoms with Gasteiger partial charge in [-0.2, -0.15) is 0 Å². The van der Waals surface area contributed by atoms with Gasteiger partial charge in [0.1, 0.15) is 0 Å². The number of aliphatic hydroxyl groups is 1. The summed E-state index contributed by atoms with van der Waals surface area (Å²) in [6.45, 7) is 4.79. The predicted octanol–water partition coefficient (Wildman–Crippen LogP) is 1.52. The summed E-state index contributed by atoms with van der Waals surface area (Å²) in [5.41, 5.74) is 5.76. The highest BCUT2D eigenvalue weighted by atomic mass is 16.3. The number of hydrogen-bond donors (Lipinski definition) is 2. The lowest BCUT2D eigenvalue weighted by Crippen LogP contribution is -2.42. The van der Waals surface area contributed by atoms with Crippen LogP contribution in [0.3, 0.4) is 0 Å². The third-order valence-electron chi connectivity index (χ3n) is 3.56. The van der Waals surface area contributed by atoms with Crippen LogP contribution in [0.1, 0.15) is 39.5 Å². The maximum Gasteiger partial charge on any atom is 0.0580 e. The molecule has 1 fully saturated rings. The van der Waals surface area contributed by atoms with Crippen molar-refractivity contribution in [2.45, 2.75) is 45.6 Å². The molecule has 0 aromatic carbocycles. The van der Waals surface area contributed by atoms with E-state index in [9.17, 15) is 5.11 Å². The first kappa shape index (κ1) is 10.0. The summed E-state index contributed by atoms with van der Waals surface area (Å²) in [5, 5.41) is 9.63. The molecule has 1 aliphatic rings. The van der Waals surface area contributed by atoms with E-state index < -0.39 is 0 Å². The van der Waals surface area contributed by atoms with E-state index in [1.807, 2.05) is 6.92 Å². The van der Waals surface area contributed by atoms with E-state index >= 15 is 0 Å².